The van der Waals surface area contributed by atoms with Crippen LogP contribution in [-0.4, -0.2) is 17.3 Å². The van der Waals surface area contributed by atoms with E-state index >= 15 is 0 Å². The first-order valence-corrected chi connectivity index (χ1v) is 5.34. The van der Waals surface area contributed by atoms with E-state index in [2.05, 4.69) is 20.8 Å². The largest absolute Gasteiger partial charge is 0.393 e. The highest BCUT2D eigenvalue weighted by atomic mass is 16.3. The third kappa shape index (κ3) is 3.28. The summed E-state index contributed by atoms with van der Waals surface area (Å²) in [5, 5.41) is 9.97. The van der Waals surface area contributed by atoms with Gasteiger partial charge in [-0.05, 0) is 30.6 Å². The minimum absolute atomic E-state index is 0.197. The normalized spacial score (nSPS) is 32.1. The van der Waals surface area contributed by atoms with Gasteiger partial charge in [0.15, 0.2) is 0 Å². The van der Waals surface area contributed by atoms with E-state index in [0.29, 0.717) is 5.92 Å². The van der Waals surface area contributed by atoms with Crippen LogP contribution in [0.15, 0.2) is 0 Å². The summed E-state index contributed by atoms with van der Waals surface area (Å²) < 4.78 is 0. The van der Waals surface area contributed by atoms with E-state index in [1.807, 2.05) is 0 Å². The third-order valence-corrected chi connectivity index (χ3v) is 2.94. The summed E-state index contributed by atoms with van der Waals surface area (Å²) in [7, 11) is 0. The number of hydrogen-bond donors (Lipinski definition) is 2. The second-order valence-corrected chi connectivity index (χ2v) is 5.59. The SMILES string of the molecule is CC(C)(C)CC(O)C1CCCC1N. The zero-order valence-electron chi connectivity index (χ0n) is 9.09. The van der Waals surface area contributed by atoms with Gasteiger partial charge in [0.1, 0.15) is 0 Å². The van der Waals surface area contributed by atoms with Crippen LogP contribution in [0.25, 0.3) is 0 Å². The molecule has 3 atom stereocenters. The van der Waals surface area contributed by atoms with Crippen LogP contribution in [0.1, 0.15) is 46.5 Å². The Labute approximate surface area is 81.5 Å². The summed E-state index contributed by atoms with van der Waals surface area (Å²) in [6.45, 7) is 6.49. The van der Waals surface area contributed by atoms with Gasteiger partial charge in [-0.25, -0.2) is 0 Å². The lowest BCUT2D eigenvalue weighted by Crippen LogP contribution is -2.35. The Hall–Kier alpha value is -0.0800. The molecule has 0 heterocycles. The van der Waals surface area contributed by atoms with Crippen molar-refractivity contribution in [1.82, 2.24) is 0 Å². The molecule has 0 aliphatic heterocycles. The number of aliphatic hydroxyl groups excluding tert-OH is 1. The van der Waals surface area contributed by atoms with Crippen molar-refractivity contribution in [2.75, 3.05) is 0 Å². The minimum atomic E-state index is -0.197. The second-order valence-electron chi connectivity index (χ2n) is 5.59. The molecule has 1 aliphatic rings. The van der Waals surface area contributed by atoms with Crippen molar-refractivity contribution in [2.24, 2.45) is 17.1 Å². The summed E-state index contributed by atoms with van der Waals surface area (Å²) in [6, 6.07) is 0.234. The van der Waals surface area contributed by atoms with E-state index in [1.54, 1.807) is 0 Å². The predicted octanol–water partition coefficient (Wildman–Crippen LogP) is 1.91. The molecule has 0 aromatic heterocycles. The maximum Gasteiger partial charge on any atom is 0.0588 e. The van der Waals surface area contributed by atoms with Gasteiger partial charge in [-0.15, -0.1) is 0 Å². The quantitative estimate of drug-likeness (QED) is 0.690. The van der Waals surface area contributed by atoms with Crippen LogP contribution in [0.3, 0.4) is 0 Å². The van der Waals surface area contributed by atoms with Crippen molar-refractivity contribution in [3.63, 3.8) is 0 Å². The second kappa shape index (κ2) is 3.97. The predicted molar refractivity (Wildman–Crippen MR) is 55.4 cm³/mol. The molecule has 78 valence electrons. The average Bonchev–Trinajstić information content (AvgIpc) is 2.30. The Balaban J connectivity index is 2.43. The first-order valence-electron chi connectivity index (χ1n) is 5.34. The number of hydrogen-bond acceptors (Lipinski definition) is 2. The summed E-state index contributed by atoms with van der Waals surface area (Å²) in [5.74, 6) is 0.347. The number of rotatable bonds is 2. The Kier molecular flexibility index (Phi) is 3.36. The van der Waals surface area contributed by atoms with Gasteiger partial charge in [0.25, 0.3) is 0 Å². The topological polar surface area (TPSA) is 46.2 Å². The molecule has 1 rings (SSSR count). The Bertz CT molecular complexity index is 162. The van der Waals surface area contributed by atoms with Crippen LogP contribution >= 0.6 is 0 Å². The molecular formula is C11H23NO. The van der Waals surface area contributed by atoms with Gasteiger partial charge in [0.2, 0.25) is 0 Å². The summed E-state index contributed by atoms with van der Waals surface area (Å²) in [4.78, 5) is 0. The fourth-order valence-corrected chi connectivity index (χ4v) is 2.27. The Morgan fingerprint density at radius 3 is 2.38 bits per heavy atom. The van der Waals surface area contributed by atoms with Crippen molar-refractivity contribution in [3.8, 4) is 0 Å². The molecule has 1 fully saturated rings. The minimum Gasteiger partial charge on any atom is -0.393 e. The van der Waals surface area contributed by atoms with Gasteiger partial charge in [0, 0.05) is 6.04 Å². The van der Waals surface area contributed by atoms with Crippen LogP contribution in [0.2, 0.25) is 0 Å². The first kappa shape index (κ1) is 11.0. The van der Waals surface area contributed by atoms with Crippen LogP contribution in [0, 0.1) is 11.3 Å². The lowest BCUT2D eigenvalue weighted by molar-refractivity contribution is 0.0623. The fraction of sp³-hybridized carbons (Fsp3) is 1.00. The molecule has 1 aliphatic carbocycles. The highest BCUT2D eigenvalue weighted by Crippen LogP contribution is 2.32. The lowest BCUT2D eigenvalue weighted by Gasteiger charge is -2.28. The average molecular weight is 185 g/mol. The van der Waals surface area contributed by atoms with Gasteiger partial charge in [-0.2, -0.15) is 0 Å². The lowest BCUT2D eigenvalue weighted by atomic mass is 9.83. The molecule has 0 radical (unpaired) electrons. The molecule has 0 bridgehead atoms. The zero-order valence-corrected chi connectivity index (χ0v) is 9.09. The van der Waals surface area contributed by atoms with Gasteiger partial charge in [0.05, 0.1) is 6.10 Å². The maximum absolute atomic E-state index is 9.97. The van der Waals surface area contributed by atoms with Gasteiger partial charge in [-0.1, -0.05) is 27.2 Å². The van der Waals surface area contributed by atoms with Gasteiger partial charge < -0.3 is 10.8 Å². The Morgan fingerprint density at radius 2 is 2.00 bits per heavy atom. The van der Waals surface area contributed by atoms with Crippen molar-refractivity contribution < 1.29 is 5.11 Å². The van der Waals surface area contributed by atoms with Gasteiger partial charge in [-0.3, -0.25) is 0 Å². The molecule has 1 saturated carbocycles. The van der Waals surface area contributed by atoms with Crippen LogP contribution in [0.5, 0.6) is 0 Å². The summed E-state index contributed by atoms with van der Waals surface area (Å²) in [5.41, 5.74) is 6.15. The molecule has 2 heteroatoms. The molecule has 13 heavy (non-hydrogen) atoms. The molecule has 0 aromatic rings. The van der Waals surface area contributed by atoms with Gasteiger partial charge >= 0.3 is 0 Å². The molecule has 0 spiro atoms. The highest BCUT2D eigenvalue weighted by molar-refractivity contribution is 4.86. The number of nitrogens with two attached hydrogens (primary N) is 1. The van der Waals surface area contributed by atoms with Crippen LogP contribution < -0.4 is 5.73 Å². The standard InChI is InChI=1S/C11H23NO/c1-11(2,3)7-10(13)8-5-4-6-9(8)12/h8-10,13H,4-7,12H2,1-3H3. The Morgan fingerprint density at radius 1 is 1.38 bits per heavy atom. The number of aliphatic hydroxyl groups is 1. The smallest absolute Gasteiger partial charge is 0.0588 e. The zero-order chi connectivity index (χ0) is 10.1. The van der Waals surface area contributed by atoms with E-state index in [0.717, 1.165) is 19.3 Å². The summed E-state index contributed by atoms with van der Waals surface area (Å²) in [6.07, 6.45) is 4.06. The molecule has 0 amide bonds. The molecular weight excluding hydrogens is 162 g/mol. The van der Waals surface area contributed by atoms with E-state index in [9.17, 15) is 5.11 Å². The van der Waals surface area contributed by atoms with Crippen molar-refractivity contribution in [2.45, 2.75) is 58.6 Å². The third-order valence-electron chi connectivity index (χ3n) is 2.94. The van der Waals surface area contributed by atoms with E-state index < -0.39 is 0 Å². The molecule has 0 saturated heterocycles. The molecule has 2 nitrogen and oxygen atoms in total. The monoisotopic (exact) mass is 185 g/mol. The fourth-order valence-electron chi connectivity index (χ4n) is 2.27. The van der Waals surface area contributed by atoms with Crippen molar-refractivity contribution in [3.05, 3.63) is 0 Å². The molecule has 3 N–H and O–H groups in total. The van der Waals surface area contributed by atoms with E-state index in [4.69, 9.17) is 5.73 Å². The highest BCUT2D eigenvalue weighted by Gasteiger charge is 2.32. The molecule has 0 aromatic carbocycles. The molecule has 3 unspecified atom stereocenters. The first-order chi connectivity index (χ1) is 5.90. The van der Waals surface area contributed by atoms with E-state index in [-0.39, 0.29) is 17.6 Å². The van der Waals surface area contributed by atoms with Crippen molar-refractivity contribution in [1.29, 1.82) is 0 Å². The van der Waals surface area contributed by atoms with Crippen molar-refractivity contribution >= 4 is 0 Å². The van der Waals surface area contributed by atoms with E-state index in [1.165, 1.54) is 6.42 Å². The summed E-state index contributed by atoms with van der Waals surface area (Å²) >= 11 is 0. The van der Waals surface area contributed by atoms with Crippen LogP contribution in [0.4, 0.5) is 0 Å². The maximum atomic E-state index is 9.97. The van der Waals surface area contributed by atoms with Crippen LogP contribution in [-0.2, 0) is 0 Å².